The molecule has 2 N–H and O–H groups in total. The van der Waals surface area contributed by atoms with Crippen molar-refractivity contribution in [2.24, 2.45) is 0 Å². The maximum Gasteiger partial charge on any atom is 0.355 e. The Labute approximate surface area is 136 Å². The highest BCUT2D eigenvalue weighted by molar-refractivity contribution is 6.30. The number of pyridine rings is 1. The van der Waals surface area contributed by atoms with Crippen LogP contribution in [0.1, 0.15) is 25.3 Å². The Hall–Kier alpha value is -2.47. The minimum Gasteiger partial charge on any atom is -0.383 e. The molecule has 0 saturated heterocycles. The van der Waals surface area contributed by atoms with Gasteiger partial charge < -0.3 is 5.73 Å². The predicted octanol–water partition coefficient (Wildman–Crippen LogP) is 3.28. The second-order valence-electron chi connectivity index (χ2n) is 5.46. The van der Waals surface area contributed by atoms with E-state index < -0.39 is 11.5 Å². The molecule has 0 bridgehead atoms. The molecule has 0 fully saturated rings. The van der Waals surface area contributed by atoms with Gasteiger partial charge in [-0.25, -0.2) is 18.7 Å². The van der Waals surface area contributed by atoms with E-state index in [1.54, 1.807) is 12.1 Å². The first-order valence-corrected chi connectivity index (χ1v) is 7.41. The number of rotatable bonds is 2. The lowest BCUT2D eigenvalue weighted by Gasteiger charge is -2.16. The monoisotopic (exact) mass is 332 g/mol. The van der Waals surface area contributed by atoms with Crippen LogP contribution in [0.15, 0.2) is 35.1 Å². The normalized spacial score (nSPS) is 11.3. The van der Waals surface area contributed by atoms with Gasteiger partial charge in [0.25, 0.3) is 0 Å². The van der Waals surface area contributed by atoms with Gasteiger partial charge >= 0.3 is 5.69 Å². The summed E-state index contributed by atoms with van der Waals surface area (Å²) in [5.41, 5.74) is 6.90. The van der Waals surface area contributed by atoms with Crippen LogP contribution in [0.5, 0.6) is 0 Å². The van der Waals surface area contributed by atoms with Crippen molar-refractivity contribution in [3.63, 3.8) is 0 Å². The molecular weight excluding hydrogens is 319 g/mol. The number of fused-ring (bicyclic) bond motifs is 1. The van der Waals surface area contributed by atoms with E-state index in [9.17, 15) is 9.18 Å². The van der Waals surface area contributed by atoms with Crippen LogP contribution < -0.4 is 11.4 Å². The molecule has 2 heterocycles. The number of para-hydroxylation sites is 1. The molecule has 3 rings (SSSR count). The van der Waals surface area contributed by atoms with E-state index in [0.29, 0.717) is 5.69 Å². The molecule has 118 valence electrons. The largest absolute Gasteiger partial charge is 0.383 e. The number of nitrogens with zero attached hydrogens (tertiary/aromatic N) is 3. The number of hydrogen-bond acceptors (Lipinski definition) is 4. The molecule has 0 saturated carbocycles. The van der Waals surface area contributed by atoms with Crippen LogP contribution in [-0.2, 0) is 0 Å². The Morgan fingerprint density at radius 3 is 2.65 bits per heavy atom. The standard InChI is InChI=1S/C16H14ClFN4O/c1-8(2)9-5-3-4-6-12(9)22-15-10(14(19)21-16(22)23)7-11(18)13(17)20-15/h3-8H,1-2H3,(H2,19,21,23). The molecule has 0 unspecified atom stereocenters. The summed E-state index contributed by atoms with van der Waals surface area (Å²) in [6.45, 7) is 4.02. The number of benzene rings is 1. The van der Waals surface area contributed by atoms with Crippen molar-refractivity contribution in [1.29, 1.82) is 0 Å². The van der Waals surface area contributed by atoms with Crippen molar-refractivity contribution in [2.45, 2.75) is 19.8 Å². The van der Waals surface area contributed by atoms with Crippen LogP contribution in [0.25, 0.3) is 16.7 Å². The molecule has 23 heavy (non-hydrogen) atoms. The van der Waals surface area contributed by atoms with E-state index >= 15 is 0 Å². The Kier molecular flexibility index (Phi) is 3.77. The summed E-state index contributed by atoms with van der Waals surface area (Å²) in [6.07, 6.45) is 0. The summed E-state index contributed by atoms with van der Waals surface area (Å²) in [4.78, 5) is 20.2. The molecule has 0 aliphatic heterocycles. The second kappa shape index (κ2) is 5.62. The molecule has 0 atom stereocenters. The van der Waals surface area contributed by atoms with Crippen LogP contribution >= 0.6 is 11.6 Å². The van der Waals surface area contributed by atoms with E-state index in [-0.39, 0.29) is 27.9 Å². The lowest BCUT2D eigenvalue weighted by molar-refractivity contribution is 0.624. The van der Waals surface area contributed by atoms with Crippen LogP contribution in [0.2, 0.25) is 5.15 Å². The van der Waals surface area contributed by atoms with E-state index in [4.69, 9.17) is 17.3 Å². The van der Waals surface area contributed by atoms with Crippen molar-refractivity contribution >= 4 is 28.5 Å². The molecule has 0 aliphatic carbocycles. The molecule has 0 amide bonds. The van der Waals surface area contributed by atoms with Gasteiger partial charge in [-0.2, -0.15) is 4.98 Å². The third-order valence-electron chi connectivity index (χ3n) is 3.61. The number of nitrogen functional groups attached to an aromatic ring is 1. The SMILES string of the molecule is CC(C)c1ccccc1-n1c(=O)nc(N)c2cc(F)c(Cl)nc21. The topological polar surface area (TPSA) is 73.8 Å². The number of nitrogens with two attached hydrogens (primary N) is 1. The first kappa shape index (κ1) is 15.4. The smallest absolute Gasteiger partial charge is 0.355 e. The molecule has 0 aliphatic rings. The average Bonchev–Trinajstić information content (AvgIpc) is 2.50. The van der Waals surface area contributed by atoms with Crippen LogP contribution in [0.4, 0.5) is 10.2 Å². The van der Waals surface area contributed by atoms with Gasteiger partial charge in [0.15, 0.2) is 16.6 Å². The fourth-order valence-corrected chi connectivity index (χ4v) is 2.65. The quantitative estimate of drug-likeness (QED) is 0.731. The number of halogens is 2. The summed E-state index contributed by atoms with van der Waals surface area (Å²) >= 11 is 5.79. The number of hydrogen-bond donors (Lipinski definition) is 1. The number of anilines is 1. The average molecular weight is 333 g/mol. The number of aromatic nitrogens is 3. The Morgan fingerprint density at radius 1 is 1.26 bits per heavy atom. The predicted molar refractivity (Wildman–Crippen MR) is 88.6 cm³/mol. The van der Waals surface area contributed by atoms with E-state index in [1.165, 1.54) is 4.57 Å². The fourth-order valence-electron chi connectivity index (χ4n) is 2.52. The molecule has 0 radical (unpaired) electrons. The van der Waals surface area contributed by atoms with Crippen molar-refractivity contribution in [2.75, 3.05) is 5.73 Å². The van der Waals surface area contributed by atoms with Crippen LogP contribution in [0.3, 0.4) is 0 Å². The molecule has 5 nitrogen and oxygen atoms in total. The van der Waals surface area contributed by atoms with Gasteiger partial charge in [0, 0.05) is 0 Å². The molecule has 3 aromatic rings. The zero-order valence-corrected chi connectivity index (χ0v) is 13.3. The first-order valence-electron chi connectivity index (χ1n) is 7.03. The van der Waals surface area contributed by atoms with Gasteiger partial charge in [0.05, 0.1) is 11.1 Å². The van der Waals surface area contributed by atoms with E-state index in [0.717, 1.165) is 11.6 Å². The highest BCUT2D eigenvalue weighted by Crippen LogP contribution is 2.27. The lowest BCUT2D eigenvalue weighted by atomic mass is 10.0. The van der Waals surface area contributed by atoms with Gasteiger partial charge in [0.2, 0.25) is 0 Å². The van der Waals surface area contributed by atoms with Gasteiger partial charge in [0.1, 0.15) is 5.82 Å². The minimum atomic E-state index is -0.713. The Morgan fingerprint density at radius 2 is 1.96 bits per heavy atom. The van der Waals surface area contributed by atoms with Crippen molar-refractivity contribution < 1.29 is 4.39 Å². The summed E-state index contributed by atoms with van der Waals surface area (Å²) in [7, 11) is 0. The zero-order valence-electron chi connectivity index (χ0n) is 12.5. The van der Waals surface area contributed by atoms with Gasteiger partial charge in [-0.15, -0.1) is 0 Å². The van der Waals surface area contributed by atoms with Crippen LogP contribution in [0, 0.1) is 5.82 Å². The fraction of sp³-hybridized carbons (Fsp3) is 0.188. The molecule has 0 spiro atoms. The van der Waals surface area contributed by atoms with Gasteiger partial charge in [-0.05, 0) is 23.6 Å². The molecular formula is C16H14ClFN4O. The highest BCUT2D eigenvalue weighted by atomic mass is 35.5. The van der Waals surface area contributed by atoms with Crippen molar-refractivity contribution in [3.05, 3.63) is 57.3 Å². The minimum absolute atomic E-state index is 0.0775. The third kappa shape index (κ3) is 2.55. The highest BCUT2D eigenvalue weighted by Gasteiger charge is 2.17. The lowest BCUT2D eigenvalue weighted by Crippen LogP contribution is -2.25. The Balaban J connectivity index is 2.48. The Bertz CT molecular complexity index is 968. The van der Waals surface area contributed by atoms with Gasteiger partial charge in [-0.3, -0.25) is 0 Å². The summed E-state index contributed by atoms with van der Waals surface area (Å²) in [5.74, 6) is -0.622. The van der Waals surface area contributed by atoms with E-state index in [1.807, 2.05) is 26.0 Å². The summed E-state index contributed by atoms with van der Waals surface area (Å²) in [6, 6.07) is 8.53. The van der Waals surface area contributed by atoms with Crippen LogP contribution in [-0.4, -0.2) is 14.5 Å². The van der Waals surface area contributed by atoms with Crippen molar-refractivity contribution in [3.8, 4) is 5.69 Å². The summed E-state index contributed by atoms with van der Waals surface area (Å²) in [5, 5.41) is -0.0802. The van der Waals surface area contributed by atoms with E-state index in [2.05, 4.69) is 9.97 Å². The molecule has 7 heteroatoms. The second-order valence-corrected chi connectivity index (χ2v) is 5.82. The summed E-state index contributed by atoms with van der Waals surface area (Å²) < 4.78 is 15.0. The maximum absolute atomic E-state index is 13.7. The van der Waals surface area contributed by atoms with Gasteiger partial charge in [-0.1, -0.05) is 43.6 Å². The first-order chi connectivity index (χ1) is 10.9. The third-order valence-corrected chi connectivity index (χ3v) is 3.87. The zero-order chi connectivity index (χ0) is 16.7. The maximum atomic E-state index is 13.7. The molecule has 1 aromatic carbocycles. The van der Waals surface area contributed by atoms with Crippen molar-refractivity contribution in [1.82, 2.24) is 14.5 Å². The molecule has 2 aromatic heterocycles.